The van der Waals surface area contributed by atoms with Gasteiger partial charge in [0, 0.05) is 43.8 Å². The summed E-state index contributed by atoms with van der Waals surface area (Å²) in [6.45, 7) is 5.18. The third-order valence-electron chi connectivity index (χ3n) is 8.95. The molecule has 0 saturated carbocycles. The number of ether oxygens (including phenoxy) is 1. The van der Waals surface area contributed by atoms with Crippen LogP contribution in [-0.4, -0.2) is 84.9 Å². The van der Waals surface area contributed by atoms with E-state index in [1.54, 1.807) is 24.7 Å². The summed E-state index contributed by atoms with van der Waals surface area (Å²) >= 11 is 0. The van der Waals surface area contributed by atoms with E-state index in [1.807, 2.05) is 71.0 Å². The van der Waals surface area contributed by atoms with Gasteiger partial charge in [0.05, 0.1) is 43.8 Å². The Labute approximate surface area is 299 Å². The topological polar surface area (TPSA) is 163 Å². The summed E-state index contributed by atoms with van der Waals surface area (Å²) in [6, 6.07) is 21.9. The van der Waals surface area contributed by atoms with E-state index in [9.17, 15) is 22.8 Å². The maximum atomic E-state index is 13.6. The fraction of sp³-hybridized carbons (Fsp3) is 0.395. The Morgan fingerprint density at radius 1 is 1.02 bits per heavy atom. The Morgan fingerprint density at radius 3 is 2.43 bits per heavy atom. The van der Waals surface area contributed by atoms with Crippen LogP contribution < -0.4 is 10.6 Å². The van der Waals surface area contributed by atoms with Crippen LogP contribution in [0.2, 0.25) is 0 Å². The average molecular weight is 715 g/mol. The second-order valence-electron chi connectivity index (χ2n) is 12.9. The van der Waals surface area contributed by atoms with Crippen LogP contribution in [0.5, 0.6) is 0 Å². The number of carbonyl (C=O) groups excluding carboxylic acids is 3. The molecule has 1 unspecified atom stereocenters. The van der Waals surface area contributed by atoms with Gasteiger partial charge in [-0.05, 0) is 46.4 Å². The van der Waals surface area contributed by atoms with Gasteiger partial charge in [0.15, 0.2) is 0 Å². The number of fused-ring (bicyclic) bond motifs is 1. The first-order valence-corrected chi connectivity index (χ1v) is 19.0. The minimum absolute atomic E-state index is 0.0492. The van der Waals surface area contributed by atoms with Crippen molar-refractivity contribution < 1.29 is 27.5 Å². The maximum absolute atomic E-state index is 13.6. The van der Waals surface area contributed by atoms with E-state index in [1.165, 1.54) is 7.11 Å². The molecule has 270 valence electrons. The van der Waals surface area contributed by atoms with Gasteiger partial charge in [0.25, 0.3) is 0 Å². The minimum atomic E-state index is -3.39. The predicted molar refractivity (Wildman–Crippen MR) is 195 cm³/mol. The lowest BCUT2D eigenvalue weighted by Crippen LogP contribution is -2.51. The molecule has 3 atom stereocenters. The number of hydrogen-bond donors (Lipinski definition) is 2. The Hall–Kier alpha value is -5.06. The van der Waals surface area contributed by atoms with Gasteiger partial charge in [-0.3, -0.25) is 14.5 Å². The number of aromatic nitrogens is 2. The SMILES string of the molecule is CCC(C)[C@@H](CN(CC(=O)N[C@@H](CCS(C)(=O)=O)C(=O)OC)Cc1cccc2ccccc12)NC(=O)Cc1cncn1Cc1ccc(C#N)cc1. The normalized spacial score (nSPS) is 13.3. The molecule has 3 aromatic carbocycles. The Bertz CT molecular complexity index is 1950. The van der Waals surface area contributed by atoms with E-state index in [0.717, 1.165) is 40.3 Å². The number of hydrogen-bond acceptors (Lipinski definition) is 9. The summed E-state index contributed by atoms with van der Waals surface area (Å²) in [7, 11) is -2.20. The molecule has 0 spiro atoms. The molecule has 51 heavy (non-hydrogen) atoms. The maximum Gasteiger partial charge on any atom is 0.328 e. The van der Waals surface area contributed by atoms with Gasteiger partial charge in [0.1, 0.15) is 15.9 Å². The molecule has 4 aromatic rings. The van der Waals surface area contributed by atoms with Crippen LogP contribution in [0.4, 0.5) is 0 Å². The highest BCUT2D eigenvalue weighted by atomic mass is 32.2. The number of amides is 2. The van der Waals surface area contributed by atoms with E-state index < -0.39 is 27.8 Å². The molecular formula is C38H46N6O6S. The highest BCUT2D eigenvalue weighted by Gasteiger charge is 2.27. The standard InChI is InChI=1S/C38H46N6O6S/c1-5-27(2)35(42-36(45)19-32-21-40-26-44(32)22-29-15-13-28(20-39)14-16-29)24-43(23-31-11-8-10-30-9-6-7-12-33(30)31)25-37(46)41-34(38(47)50-3)17-18-51(4,48)49/h6-16,21,26-27,34-35H,5,17-19,22-25H2,1-4H3,(H,41,46)(H,42,45)/t27?,34-,35+/m0/s1. The van der Waals surface area contributed by atoms with Crippen molar-refractivity contribution in [1.29, 1.82) is 5.26 Å². The van der Waals surface area contributed by atoms with Crippen molar-refractivity contribution in [2.75, 3.05) is 32.2 Å². The Morgan fingerprint density at radius 2 is 1.75 bits per heavy atom. The van der Waals surface area contributed by atoms with Crippen molar-refractivity contribution in [2.45, 2.75) is 58.3 Å². The van der Waals surface area contributed by atoms with Gasteiger partial charge in [-0.1, -0.05) is 74.9 Å². The number of benzene rings is 3. The molecule has 2 amide bonds. The molecule has 0 radical (unpaired) electrons. The summed E-state index contributed by atoms with van der Waals surface area (Å²) < 4.78 is 30.4. The highest BCUT2D eigenvalue weighted by Crippen LogP contribution is 2.21. The molecule has 0 fully saturated rings. The third-order valence-corrected chi connectivity index (χ3v) is 9.92. The molecule has 1 heterocycles. The van der Waals surface area contributed by atoms with E-state index in [2.05, 4.69) is 28.6 Å². The molecule has 2 N–H and O–H groups in total. The van der Waals surface area contributed by atoms with Gasteiger partial charge in [0.2, 0.25) is 11.8 Å². The van der Waals surface area contributed by atoms with E-state index >= 15 is 0 Å². The molecule has 1 aromatic heterocycles. The fourth-order valence-electron chi connectivity index (χ4n) is 5.89. The van der Waals surface area contributed by atoms with Gasteiger partial charge in [-0.2, -0.15) is 5.26 Å². The average Bonchev–Trinajstić information content (AvgIpc) is 3.54. The molecule has 0 aliphatic carbocycles. The van der Waals surface area contributed by atoms with Crippen LogP contribution in [-0.2, 0) is 48.5 Å². The van der Waals surface area contributed by atoms with Crippen molar-refractivity contribution in [3.8, 4) is 6.07 Å². The molecule has 0 aliphatic heterocycles. The monoisotopic (exact) mass is 714 g/mol. The number of methoxy groups -OCH3 is 1. The van der Waals surface area contributed by atoms with Gasteiger partial charge >= 0.3 is 5.97 Å². The molecule has 0 bridgehead atoms. The largest absolute Gasteiger partial charge is 0.467 e. The van der Waals surface area contributed by atoms with Gasteiger partial charge in [-0.15, -0.1) is 0 Å². The summed E-state index contributed by atoms with van der Waals surface area (Å²) in [6.07, 6.45) is 5.16. The Kier molecular flexibility index (Phi) is 13.9. The second kappa shape index (κ2) is 18.3. The van der Waals surface area contributed by atoms with Crippen LogP contribution in [0.3, 0.4) is 0 Å². The molecule has 0 aliphatic rings. The lowest BCUT2D eigenvalue weighted by molar-refractivity contribution is -0.145. The minimum Gasteiger partial charge on any atom is -0.467 e. The number of nitriles is 1. The van der Waals surface area contributed by atoms with Crippen molar-refractivity contribution in [3.05, 3.63) is 102 Å². The number of rotatable bonds is 18. The van der Waals surface area contributed by atoms with Crippen LogP contribution in [0, 0.1) is 17.2 Å². The van der Waals surface area contributed by atoms with E-state index in [0.29, 0.717) is 25.2 Å². The predicted octanol–water partition coefficient (Wildman–Crippen LogP) is 3.62. The lowest BCUT2D eigenvalue weighted by atomic mass is 9.97. The zero-order chi connectivity index (χ0) is 37.0. The number of esters is 1. The van der Waals surface area contributed by atoms with Gasteiger partial charge < -0.3 is 19.9 Å². The molecular weight excluding hydrogens is 669 g/mol. The molecule has 0 saturated heterocycles. The lowest BCUT2D eigenvalue weighted by Gasteiger charge is -2.32. The number of sulfone groups is 1. The fourth-order valence-corrected chi connectivity index (χ4v) is 6.56. The second-order valence-corrected chi connectivity index (χ2v) is 15.2. The number of nitrogens with one attached hydrogen (secondary N) is 2. The van der Waals surface area contributed by atoms with Gasteiger partial charge in [-0.25, -0.2) is 18.2 Å². The summed E-state index contributed by atoms with van der Waals surface area (Å²) in [5.74, 6) is -1.63. The van der Waals surface area contributed by atoms with Crippen molar-refractivity contribution >= 4 is 38.4 Å². The smallest absolute Gasteiger partial charge is 0.328 e. The number of imidazole rings is 1. The van der Waals surface area contributed by atoms with Crippen LogP contribution in [0.1, 0.15) is 49.1 Å². The zero-order valence-electron chi connectivity index (χ0n) is 29.5. The first-order chi connectivity index (χ1) is 24.4. The highest BCUT2D eigenvalue weighted by molar-refractivity contribution is 7.90. The third kappa shape index (κ3) is 11.8. The zero-order valence-corrected chi connectivity index (χ0v) is 30.4. The van der Waals surface area contributed by atoms with Crippen LogP contribution in [0.15, 0.2) is 79.3 Å². The number of nitrogens with zero attached hydrogens (tertiary/aromatic N) is 4. The van der Waals surface area contributed by atoms with Crippen molar-refractivity contribution in [2.24, 2.45) is 5.92 Å². The van der Waals surface area contributed by atoms with E-state index in [4.69, 9.17) is 10.00 Å². The molecule has 4 rings (SSSR count). The molecule has 13 heteroatoms. The molecule has 12 nitrogen and oxygen atoms in total. The Balaban J connectivity index is 1.53. The van der Waals surface area contributed by atoms with E-state index in [-0.39, 0.29) is 43.0 Å². The van der Waals surface area contributed by atoms with Crippen LogP contribution in [0.25, 0.3) is 10.8 Å². The summed E-state index contributed by atoms with van der Waals surface area (Å²) in [4.78, 5) is 45.8. The quantitative estimate of drug-likeness (QED) is 0.147. The summed E-state index contributed by atoms with van der Waals surface area (Å²) in [5.41, 5.74) is 3.26. The van der Waals surface area contributed by atoms with Crippen molar-refractivity contribution in [1.82, 2.24) is 25.1 Å². The van der Waals surface area contributed by atoms with Crippen molar-refractivity contribution in [3.63, 3.8) is 0 Å². The van der Waals surface area contributed by atoms with Crippen LogP contribution >= 0.6 is 0 Å². The first-order valence-electron chi connectivity index (χ1n) is 16.9. The number of carbonyl (C=O) groups is 3. The summed E-state index contributed by atoms with van der Waals surface area (Å²) in [5, 5.41) is 17.1. The first kappa shape index (κ1) is 38.7.